The number of carbonyl (C=O) groups excluding carboxylic acids is 1. The summed E-state index contributed by atoms with van der Waals surface area (Å²) >= 11 is 1.35. The molecule has 7 heteroatoms. The van der Waals surface area contributed by atoms with E-state index in [4.69, 9.17) is 9.68 Å². The lowest BCUT2D eigenvalue weighted by atomic mass is 10.1. The maximum atomic E-state index is 12.1. The molecule has 0 spiro atoms. The van der Waals surface area contributed by atoms with E-state index in [1.807, 2.05) is 6.07 Å². The van der Waals surface area contributed by atoms with Crippen LogP contribution in [0.1, 0.15) is 49.8 Å². The molecular weight excluding hydrogens is 324 g/mol. The molecule has 0 fully saturated rings. The van der Waals surface area contributed by atoms with Gasteiger partial charge in [0.05, 0.1) is 6.26 Å². The number of amides is 1. The van der Waals surface area contributed by atoms with Gasteiger partial charge in [-0.3, -0.25) is 10.1 Å². The molecule has 0 atom stereocenters. The van der Waals surface area contributed by atoms with Crippen LogP contribution in [0.3, 0.4) is 0 Å². The molecule has 2 heterocycles. The fraction of sp³-hybridized carbons (Fsp3) is 0.412. The van der Waals surface area contributed by atoms with Crippen LogP contribution in [-0.2, 0) is 11.2 Å². The van der Waals surface area contributed by atoms with Crippen molar-refractivity contribution in [2.45, 2.75) is 45.4 Å². The van der Waals surface area contributed by atoms with E-state index < -0.39 is 5.91 Å². The smallest absolute Gasteiger partial charge is 0.268 e. The SMILES string of the molecule is CCCCCCCc1nnc(NC(=O)/C(C#N)=C\c2ccco2)s1. The van der Waals surface area contributed by atoms with Gasteiger partial charge in [-0.15, -0.1) is 10.2 Å². The number of hydrogen-bond acceptors (Lipinski definition) is 6. The fourth-order valence-corrected chi connectivity index (χ4v) is 2.89. The number of aryl methyl sites for hydroxylation is 1. The van der Waals surface area contributed by atoms with Gasteiger partial charge in [0.2, 0.25) is 5.13 Å². The average Bonchev–Trinajstić information content (AvgIpc) is 3.24. The molecule has 0 aliphatic rings. The minimum absolute atomic E-state index is 0.0405. The predicted octanol–water partition coefficient (Wildman–Crippen LogP) is 4.19. The third-order valence-electron chi connectivity index (χ3n) is 3.38. The van der Waals surface area contributed by atoms with Crippen LogP contribution in [-0.4, -0.2) is 16.1 Å². The molecule has 24 heavy (non-hydrogen) atoms. The Bertz CT molecular complexity index is 713. The van der Waals surface area contributed by atoms with Gasteiger partial charge in [0.25, 0.3) is 5.91 Å². The molecular formula is C17H20N4O2S. The van der Waals surface area contributed by atoms with Gasteiger partial charge in [0, 0.05) is 12.5 Å². The third-order valence-corrected chi connectivity index (χ3v) is 4.27. The van der Waals surface area contributed by atoms with Crippen LogP contribution >= 0.6 is 11.3 Å². The van der Waals surface area contributed by atoms with Crippen molar-refractivity contribution < 1.29 is 9.21 Å². The lowest BCUT2D eigenvalue weighted by molar-refractivity contribution is -0.112. The molecule has 0 radical (unpaired) electrons. The molecule has 2 aromatic heterocycles. The van der Waals surface area contributed by atoms with Crippen molar-refractivity contribution in [1.29, 1.82) is 5.26 Å². The zero-order valence-electron chi connectivity index (χ0n) is 13.6. The number of aromatic nitrogens is 2. The Balaban J connectivity index is 1.87. The summed E-state index contributed by atoms with van der Waals surface area (Å²) in [7, 11) is 0. The van der Waals surface area contributed by atoms with Crippen LogP contribution in [0.4, 0.5) is 5.13 Å². The Kier molecular flexibility index (Phi) is 7.18. The molecule has 1 N–H and O–H groups in total. The van der Waals surface area contributed by atoms with Crippen molar-refractivity contribution in [3.05, 3.63) is 34.7 Å². The second kappa shape index (κ2) is 9.63. The second-order valence-electron chi connectivity index (χ2n) is 5.30. The minimum Gasteiger partial charge on any atom is -0.465 e. The minimum atomic E-state index is -0.514. The van der Waals surface area contributed by atoms with Gasteiger partial charge in [-0.25, -0.2) is 0 Å². The first-order chi connectivity index (χ1) is 11.7. The standard InChI is InChI=1S/C17H20N4O2S/c1-2-3-4-5-6-9-15-20-21-17(24-15)19-16(22)13(12-18)11-14-8-7-10-23-14/h7-8,10-11H,2-6,9H2,1H3,(H,19,21,22)/b13-11-. The monoisotopic (exact) mass is 344 g/mol. The second-order valence-corrected chi connectivity index (χ2v) is 6.37. The highest BCUT2D eigenvalue weighted by molar-refractivity contribution is 7.15. The molecule has 0 aliphatic heterocycles. The van der Waals surface area contributed by atoms with Crippen LogP contribution < -0.4 is 5.32 Å². The van der Waals surface area contributed by atoms with Crippen LogP contribution in [0, 0.1) is 11.3 Å². The molecule has 0 aliphatic carbocycles. The van der Waals surface area contributed by atoms with Crippen molar-refractivity contribution in [3.63, 3.8) is 0 Å². The quantitative estimate of drug-likeness (QED) is 0.418. The number of anilines is 1. The van der Waals surface area contributed by atoms with Gasteiger partial charge in [-0.2, -0.15) is 5.26 Å². The Morgan fingerprint density at radius 2 is 2.21 bits per heavy atom. The molecule has 2 rings (SSSR count). The van der Waals surface area contributed by atoms with Crippen molar-refractivity contribution in [2.75, 3.05) is 5.32 Å². The first-order valence-electron chi connectivity index (χ1n) is 8.02. The highest BCUT2D eigenvalue weighted by Gasteiger charge is 2.13. The maximum Gasteiger partial charge on any atom is 0.268 e. The van der Waals surface area contributed by atoms with Crippen LogP contribution in [0.15, 0.2) is 28.4 Å². The number of unbranched alkanes of at least 4 members (excludes halogenated alkanes) is 4. The third kappa shape index (κ3) is 5.63. The van der Waals surface area contributed by atoms with Gasteiger partial charge in [0.15, 0.2) is 0 Å². The van der Waals surface area contributed by atoms with Gasteiger partial charge in [0.1, 0.15) is 22.4 Å². The van der Waals surface area contributed by atoms with Gasteiger partial charge < -0.3 is 4.42 Å². The number of furan rings is 1. The number of carbonyl (C=O) groups is 1. The van der Waals surface area contributed by atoms with E-state index in [0.29, 0.717) is 10.9 Å². The number of nitrogens with one attached hydrogen (secondary N) is 1. The van der Waals surface area contributed by atoms with Crippen molar-refractivity contribution in [3.8, 4) is 6.07 Å². The van der Waals surface area contributed by atoms with E-state index in [9.17, 15) is 4.79 Å². The molecule has 1 amide bonds. The number of hydrogen-bond donors (Lipinski definition) is 1. The zero-order valence-corrected chi connectivity index (χ0v) is 14.4. The molecule has 0 aromatic carbocycles. The van der Waals surface area contributed by atoms with Gasteiger partial charge in [-0.05, 0) is 18.6 Å². The highest BCUT2D eigenvalue weighted by atomic mass is 32.1. The van der Waals surface area contributed by atoms with Crippen LogP contribution in [0.25, 0.3) is 6.08 Å². The van der Waals surface area contributed by atoms with Gasteiger partial charge >= 0.3 is 0 Å². The summed E-state index contributed by atoms with van der Waals surface area (Å²) in [4.78, 5) is 12.1. The van der Waals surface area contributed by atoms with Crippen molar-refractivity contribution in [2.24, 2.45) is 0 Å². The molecule has 126 valence electrons. The molecule has 2 aromatic rings. The van der Waals surface area contributed by atoms with Crippen LogP contribution in [0.2, 0.25) is 0 Å². The predicted molar refractivity (Wildman–Crippen MR) is 93.3 cm³/mol. The van der Waals surface area contributed by atoms with E-state index in [-0.39, 0.29) is 5.57 Å². The lowest BCUT2D eigenvalue weighted by Gasteiger charge is -1.98. The van der Waals surface area contributed by atoms with E-state index in [1.54, 1.807) is 12.1 Å². The normalized spacial score (nSPS) is 11.2. The summed E-state index contributed by atoms with van der Waals surface area (Å²) in [5.41, 5.74) is -0.0405. The summed E-state index contributed by atoms with van der Waals surface area (Å²) < 4.78 is 5.11. The summed E-state index contributed by atoms with van der Waals surface area (Å²) in [5, 5.41) is 21.1. The fourth-order valence-electron chi connectivity index (χ4n) is 2.11. The van der Waals surface area contributed by atoms with E-state index in [0.717, 1.165) is 17.8 Å². The number of rotatable bonds is 9. The van der Waals surface area contributed by atoms with E-state index >= 15 is 0 Å². The number of nitriles is 1. The molecule has 0 bridgehead atoms. The van der Waals surface area contributed by atoms with Crippen molar-refractivity contribution >= 4 is 28.5 Å². The molecule has 0 saturated heterocycles. The number of nitrogens with zero attached hydrogens (tertiary/aromatic N) is 3. The van der Waals surface area contributed by atoms with Crippen LogP contribution in [0.5, 0.6) is 0 Å². The van der Waals surface area contributed by atoms with Crippen molar-refractivity contribution in [1.82, 2.24) is 10.2 Å². The lowest BCUT2D eigenvalue weighted by Crippen LogP contribution is -2.13. The molecule has 0 unspecified atom stereocenters. The summed E-state index contributed by atoms with van der Waals surface area (Å²) in [5.74, 6) is -0.0636. The first kappa shape index (κ1) is 17.9. The Hall–Kier alpha value is -2.46. The summed E-state index contributed by atoms with van der Waals surface area (Å²) in [6.07, 6.45) is 9.72. The Morgan fingerprint density at radius 3 is 2.92 bits per heavy atom. The molecule has 0 saturated carbocycles. The Morgan fingerprint density at radius 1 is 1.38 bits per heavy atom. The van der Waals surface area contributed by atoms with E-state index in [2.05, 4.69) is 22.4 Å². The Labute approximate surface area is 145 Å². The topological polar surface area (TPSA) is 91.8 Å². The summed E-state index contributed by atoms with van der Waals surface area (Å²) in [6, 6.07) is 5.23. The highest BCUT2D eigenvalue weighted by Crippen LogP contribution is 2.19. The largest absolute Gasteiger partial charge is 0.465 e. The summed E-state index contributed by atoms with van der Waals surface area (Å²) in [6.45, 7) is 2.19. The first-order valence-corrected chi connectivity index (χ1v) is 8.83. The maximum absolute atomic E-state index is 12.1. The average molecular weight is 344 g/mol. The van der Waals surface area contributed by atoms with E-state index in [1.165, 1.54) is 49.4 Å². The molecule has 6 nitrogen and oxygen atoms in total. The zero-order chi connectivity index (χ0) is 17.2. The van der Waals surface area contributed by atoms with Gasteiger partial charge in [-0.1, -0.05) is 43.9 Å².